The highest BCUT2D eigenvalue weighted by Gasteiger charge is 2.39. The number of ether oxygens (including phenoxy) is 1. The first-order valence-electron chi connectivity index (χ1n) is 10.9. The fourth-order valence-electron chi connectivity index (χ4n) is 4.50. The standard InChI is InChI=1S/C25H21Cl2FN4O3/c1-31(25(34)22-19(27)3-2-4-20(22)28)24-21(32-11-15-9-16(12-32)35-15)8-14(10-30-24)17-7-13(23(29)33)5-6-18(17)26/h2-8,10,15-16H,9,11-12H2,1H3,(H2,29,33). The number of piperidine rings is 1. The number of aromatic nitrogens is 1. The largest absolute Gasteiger partial charge is 0.371 e. The van der Waals surface area contributed by atoms with Gasteiger partial charge in [0.15, 0.2) is 5.82 Å². The van der Waals surface area contributed by atoms with Crippen molar-refractivity contribution >= 4 is 46.5 Å². The van der Waals surface area contributed by atoms with E-state index in [1.807, 2.05) is 6.07 Å². The minimum absolute atomic E-state index is 0.0164. The van der Waals surface area contributed by atoms with Crippen LogP contribution in [0, 0.1) is 5.82 Å². The molecular weight excluding hydrogens is 494 g/mol. The van der Waals surface area contributed by atoms with E-state index in [0.717, 1.165) is 6.42 Å². The second-order valence-electron chi connectivity index (χ2n) is 8.61. The highest BCUT2D eigenvalue weighted by atomic mass is 35.5. The van der Waals surface area contributed by atoms with Crippen LogP contribution in [0.2, 0.25) is 10.0 Å². The summed E-state index contributed by atoms with van der Waals surface area (Å²) >= 11 is 12.6. The van der Waals surface area contributed by atoms with E-state index in [-0.39, 0.29) is 22.8 Å². The molecule has 2 N–H and O–H groups in total. The van der Waals surface area contributed by atoms with E-state index in [1.54, 1.807) is 24.4 Å². The molecule has 3 aliphatic rings. The molecule has 0 aliphatic carbocycles. The molecule has 35 heavy (non-hydrogen) atoms. The van der Waals surface area contributed by atoms with E-state index in [2.05, 4.69) is 9.88 Å². The second-order valence-corrected chi connectivity index (χ2v) is 9.42. The highest BCUT2D eigenvalue weighted by molar-refractivity contribution is 6.34. The maximum absolute atomic E-state index is 14.5. The number of carbonyl (C=O) groups is 2. The van der Waals surface area contributed by atoms with E-state index >= 15 is 0 Å². The van der Waals surface area contributed by atoms with Gasteiger partial charge in [0.05, 0.1) is 28.5 Å². The molecule has 4 heterocycles. The summed E-state index contributed by atoms with van der Waals surface area (Å²) in [4.78, 5) is 32.9. The number of pyridine rings is 1. The van der Waals surface area contributed by atoms with Crippen LogP contribution in [0.25, 0.3) is 11.1 Å². The number of carbonyl (C=O) groups excluding carboxylic acids is 2. The van der Waals surface area contributed by atoms with Crippen LogP contribution in [-0.4, -0.2) is 49.1 Å². The van der Waals surface area contributed by atoms with Crippen molar-refractivity contribution in [3.63, 3.8) is 0 Å². The van der Waals surface area contributed by atoms with Gasteiger partial charge in [0, 0.05) is 54.5 Å². The van der Waals surface area contributed by atoms with Crippen LogP contribution in [0.1, 0.15) is 27.1 Å². The number of nitrogens with zero attached hydrogens (tertiary/aromatic N) is 3. The summed E-state index contributed by atoms with van der Waals surface area (Å²) in [6.45, 7) is 1.23. The molecule has 0 spiro atoms. The Morgan fingerprint density at radius 2 is 1.86 bits per heavy atom. The molecule has 2 bridgehead atoms. The number of hydrogen-bond donors (Lipinski definition) is 1. The second kappa shape index (κ2) is 9.11. The van der Waals surface area contributed by atoms with Gasteiger partial charge < -0.3 is 15.4 Å². The smallest absolute Gasteiger partial charge is 0.263 e. The van der Waals surface area contributed by atoms with Crippen molar-refractivity contribution in [3.05, 3.63) is 75.7 Å². The van der Waals surface area contributed by atoms with Crippen LogP contribution >= 0.6 is 23.2 Å². The lowest BCUT2D eigenvalue weighted by molar-refractivity contribution is -0.133. The average molecular weight is 515 g/mol. The molecule has 0 radical (unpaired) electrons. The SMILES string of the molecule is CN(C(=O)c1c(F)cccc1Cl)c1ncc(-c2cc(C(N)=O)ccc2Cl)cc1N1CC2CC(C1)O2. The average Bonchev–Trinajstić information content (AvgIpc) is 2.83. The van der Waals surface area contributed by atoms with Crippen LogP contribution in [-0.2, 0) is 4.74 Å². The third-order valence-corrected chi connectivity index (χ3v) is 6.95. The number of halogens is 3. The quantitative estimate of drug-likeness (QED) is 0.539. The molecular formula is C25H21Cl2FN4O3. The van der Waals surface area contributed by atoms with Gasteiger partial charge in [-0.05, 0) is 36.4 Å². The molecule has 7 nitrogen and oxygen atoms in total. The van der Waals surface area contributed by atoms with Crippen molar-refractivity contribution in [1.82, 2.24) is 4.98 Å². The Hall–Kier alpha value is -3.20. The number of morpholine rings is 1. The minimum atomic E-state index is -0.713. The summed E-state index contributed by atoms with van der Waals surface area (Å²) in [5.41, 5.74) is 7.41. The third-order valence-electron chi connectivity index (χ3n) is 6.31. The summed E-state index contributed by atoms with van der Waals surface area (Å²) in [5.74, 6) is -1.58. The lowest BCUT2D eigenvalue weighted by atomic mass is 9.97. The normalized spacial score (nSPS) is 18.7. The number of benzene rings is 2. The molecule has 3 saturated heterocycles. The predicted octanol–water partition coefficient (Wildman–Crippen LogP) is 4.55. The van der Waals surface area contributed by atoms with Gasteiger partial charge in [-0.2, -0.15) is 0 Å². The topological polar surface area (TPSA) is 88.8 Å². The lowest BCUT2D eigenvalue weighted by Crippen LogP contribution is -2.57. The highest BCUT2D eigenvalue weighted by Crippen LogP contribution is 2.39. The van der Waals surface area contributed by atoms with E-state index in [1.165, 1.54) is 30.1 Å². The van der Waals surface area contributed by atoms with E-state index in [9.17, 15) is 14.0 Å². The van der Waals surface area contributed by atoms with Crippen molar-refractivity contribution < 1.29 is 18.7 Å². The van der Waals surface area contributed by atoms with Gasteiger partial charge in [-0.15, -0.1) is 0 Å². The fraction of sp³-hybridized carbons (Fsp3) is 0.240. The van der Waals surface area contributed by atoms with Crippen LogP contribution in [0.5, 0.6) is 0 Å². The molecule has 3 aromatic rings. The van der Waals surface area contributed by atoms with E-state index in [4.69, 9.17) is 33.7 Å². The minimum Gasteiger partial charge on any atom is -0.371 e. The fourth-order valence-corrected chi connectivity index (χ4v) is 4.97. The third kappa shape index (κ3) is 4.33. The van der Waals surface area contributed by atoms with Crippen molar-refractivity contribution in [2.75, 3.05) is 29.9 Å². The number of fused-ring (bicyclic) bond motifs is 2. The van der Waals surface area contributed by atoms with Gasteiger partial charge in [0.2, 0.25) is 5.91 Å². The van der Waals surface area contributed by atoms with Crippen LogP contribution in [0.3, 0.4) is 0 Å². The van der Waals surface area contributed by atoms with Crippen molar-refractivity contribution in [3.8, 4) is 11.1 Å². The zero-order valence-corrected chi connectivity index (χ0v) is 20.2. The molecule has 10 heteroatoms. The number of hydrogen-bond acceptors (Lipinski definition) is 5. The number of amides is 2. The molecule has 3 aliphatic heterocycles. The molecule has 2 amide bonds. The van der Waals surface area contributed by atoms with Crippen LogP contribution < -0.4 is 15.5 Å². The van der Waals surface area contributed by atoms with E-state index in [0.29, 0.717) is 46.3 Å². The number of anilines is 2. The van der Waals surface area contributed by atoms with Crippen molar-refractivity contribution in [2.45, 2.75) is 18.6 Å². The first kappa shape index (κ1) is 23.5. The summed E-state index contributed by atoms with van der Waals surface area (Å²) in [7, 11) is 1.53. The summed E-state index contributed by atoms with van der Waals surface area (Å²) in [5, 5.41) is 0.436. The molecule has 180 valence electrons. The summed E-state index contributed by atoms with van der Waals surface area (Å²) in [6.07, 6.45) is 2.71. The molecule has 2 unspecified atom stereocenters. The predicted molar refractivity (Wildman–Crippen MR) is 133 cm³/mol. The van der Waals surface area contributed by atoms with Crippen LogP contribution in [0.15, 0.2) is 48.7 Å². The van der Waals surface area contributed by atoms with Crippen LogP contribution in [0.4, 0.5) is 15.9 Å². The number of rotatable bonds is 5. The first-order valence-corrected chi connectivity index (χ1v) is 11.7. The Bertz CT molecular complexity index is 1320. The number of primary amides is 1. The molecule has 1 aromatic heterocycles. The first-order chi connectivity index (χ1) is 16.7. The summed E-state index contributed by atoms with van der Waals surface area (Å²) in [6, 6.07) is 10.7. The monoisotopic (exact) mass is 514 g/mol. The zero-order valence-electron chi connectivity index (χ0n) is 18.7. The van der Waals surface area contributed by atoms with E-state index < -0.39 is 17.6 Å². The molecule has 6 rings (SSSR count). The maximum Gasteiger partial charge on any atom is 0.263 e. The molecule has 2 atom stereocenters. The maximum atomic E-state index is 14.5. The van der Waals surface area contributed by atoms with Crippen molar-refractivity contribution in [2.24, 2.45) is 5.73 Å². The Morgan fingerprint density at radius 3 is 2.51 bits per heavy atom. The van der Waals surface area contributed by atoms with Gasteiger partial charge in [-0.3, -0.25) is 14.5 Å². The van der Waals surface area contributed by atoms with Gasteiger partial charge in [0.1, 0.15) is 5.82 Å². The Kier molecular flexibility index (Phi) is 6.13. The Labute approximate surface area is 211 Å². The number of nitrogens with two attached hydrogens (primary N) is 1. The van der Waals surface area contributed by atoms with Gasteiger partial charge >= 0.3 is 0 Å². The molecule has 3 fully saturated rings. The van der Waals surface area contributed by atoms with Crippen molar-refractivity contribution in [1.29, 1.82) is 0 Å². The molecule has 2 aromatic carbocycles. The summed E-state index contributed by atoms with van der Waals surface area (Å²) < 4.78 is 20.3. The zero-order chi connectivity index (χ0) is 24.9. The Balaban J connectivity index is 1.60. The lowest BCUT2D eigenvalue weighted by Gasteiger charge is -2.48. The van der Waals surface area contributed by atoms with Gasteiger partial charge in [0.25, 0.3) is 5.91 Å². The Morgan fingerprint density at radius 1 is 1.14 bits per heavy atom. The molecule has 0 saturated carbocycles. The van der Waals surface area contributed by atoms with Gasteiger partial charge in [-0.25, -0.2) is 9.37 Å². The van der Waals surface area contributed by atoms with Gasteiger partial charge in [-0.1, -0.05) is 29.3 Å².